The smallest absolute Gasteiger partial charge is 0.322 e. The van der Waals surface area contributed by atoms with Gasteiger partial charge in [0.15, 0.2) is 0 Å². The van der Waals surface area contributed by atoms with Crippen molar-refractivity contribution in [1.82, 2.24) is 4.90 Å². The maximum Gasteiger partial charge on any atom is 0.322 e. The van der Waals surface area contributed by atoms with Crippen molar-refractivity contribution >= 4 is 23.3 Å². The highest BCUT2D eigenvalue weighted by molar-refractivity contribution is 6.33. The molecule has 0 aliphatic rings. The summed E-state index contributed by atoms with van der Waals surface area (Å²) in [5.74, 6) is 0. The van der Waals surface area contributed by atoms with Crippen LogP contribution in [0.4, 0.5) is 10.5 Å². The second kappa shape index (κ2) is 7.03. The number of aliphatic hydroxyl groups excluding tert-OH is 1. The van der Waals surface area contributed by atoms with E-state index < -0.39 is 0 Å². The number of carbonyl (C=O) groups excluding carboxylic acids is 1. The molecule has 0 aromatic heterocycles. The van der Waals surface area contributed by atoms with E-state index in [4.69, 9.17) is 16.7 Å². The lowest BCUT2D eigenvalue weighted by Crippen LogP contribution is -2.37. The fourth-order valence-corrected chi connectivity index (χ4v) is 1.65. The van der Waals surface area contributed by atoms with Gasteiger partial charge in [0, 0.05) is 13.1 Å². The Kier molecular flexibility index (Phi) is 5.68. The Morgan fingerprint density at radius 3 is 2.94 bits per heavy atom. The number of anilines is 1. The summed E-state index contributed by atoms with van der Waals surface area (Å²) < 4.78 is 0. The fraction of sp³-hybridized carbons (Fsp3) is 0.308. The number of benzene rings is 1. The first-order valence-corrected chi connectivity index (χ1v) is 6.00. The molecule has 98 valence electrons. The predicted molar refractivity (Wildman–Crippen MR) is 74.1 cm³/mol. The monoisotopic (exact) mass is 268 g/mol. The van der Waals surface area contributed by atoms with E-state index in [1.165, 1.54) is 4.90 Å². The molecular formula is C13H17ClN2O2. The molecule has 0 saturated carbocycles. The van der Waals surface area contributed by atoms with Crippen LogP contribution >= 0.6 is 11.6 Å². The van der Waals surface area contributed by atoms with E-state index in [9.17, 15) is 4.79 Å². The maximum absolute atomic E-state index is 12.0. The number of amides is 2. The second-order valence-corrected chi connectivity index (χ2v) is 4.28. The lowest BCUT2D eigenvalue weighted by Gasteiger charge is -2.21. The quantitative estimate of drug-likeness (QED) is 0.807. The third kappa shape index (κ3) is 4.05. The largest absolute Gasteiger partial charge is 0.395 e. The van der Waals surface area contributed by atoms with Gasteiger partial charge in [-0.25, -0.2) is 4.79 Å². The van der Waals surface area contributed by atoms with Crippen molar-refractivity contribution in [3.05, 3.63) is 41.4 Å². The van der Waals surface area contributed by atoms with Crippen molar-refractivity contribution in [2.75, 3.05) is 25.0 Å². The average Bonchev–Trinajstić information content (AvgIpc) is 2.33. The molecule has 1 aromatic rings. The zero-order valence-corrected chi connectivity index (χ0v) is 11.1. The number of hydrogen-bond acceptors (Lipinski definition) is 2. The number of halogens is 1. The van der Waals surface area contributed by atoms with Crippen LogP contribution in [0.5, 0.6) is 0 Å². The average molecular weight is 269 g/mol. The van der Waals surface area contributed by atoms with Crippen molar-refractivity contribution in [3.63, 3.8) is 0 Å². The third-order valence-corrected chi connectivity index (χ3v) is 2.70. The summed E-state index contributed by atoms with van der Waals surface area (Å²) in [6.07, 6.45) is 1.60. The molecule has 0 fully saturated rings. The van der Waals surface area contributed by atoms with E-state index in [-0.39, 0.29) is 19.2 Å². The van der Waals surface area contributed by atoms with Crippen molar-refractivity contribution in [2.24, 2.45) is 0 Å². The van der Waals surface area contributed by atoms with Crippen LogP contribution in [0.1, 0.15) is 5.56 Å². The third-order valence-electron chi connectivity index (χ3n) is 2.37. The molecule has 0 bridgehead atoms. The molecule has 0 spiro atoms. The van der Waals surface area contributed by atoms with Gasteiger partial charge in [-0.2, -0.15) is 0 Å². The molecule has 0 saturated heterocycles. The number of rotatable bonds is 5. The van der Waals surface area contributed by atoms with Gasteiger partial charge in [0.2, 0.25) is 0 Å². The van der Waals surface area contributed by atoms with Crippen LogP contribution in [0.25, 0.3) is 0 Å². The number of aliphatic hydroxyl groups is 1. The van der Waals surface area contributed by atoms with Crippen LogP contribution in [0, 0.1) is 6.92 Å². The van der Waals surface area contributed by atoms with Crippen molar-refractivity contribution in [1.29, 1.82) is 0 Å². The van der Waals surface area contributed by atoms with Crippen LogP contribution in [-0.2, 0) is 0 Å². The molecule has 1 rings (SSSR count). The van der Waals surface area contributed by atoms with Gasteiger partial charge in [0.05, 0.1) is 17.3 Å². The van der Waals surface area contributed by atoms with Crippen LogP contribution in [0.2, 0.25) is 5.02 Å². The molecule has 2 N–H and O–H groups in total. The molecule has 0 unspecified atom stereocenters. The van der Waals surface area contributed by atoms with E-state index >= 15 is 0 Å². The predicted octanol–water partition coefficient (Wildman–Crippen LogP) is 2.66. The first kappa shape index (κ1) is 14.5. The minimum absolute atomic E-state index is 0.0944. The first-order chi connectivity index (χ1) is 8.58. The van der Waals surface area contributed by atoms with Gasteiger partial charge in [-0.15, -0.1) is 6.58 Å². The zero-order chi connectivity index (χ0) is 13.5. The number of urea groups is 1. The van der Waals surface area contributed by atoms with Gasteiger partial charge in [-0.3, -0.25) is 0 Å². The van der Waals surface area contributed by atoms with E-state index in [0.29, 0.717) is 17.3 Å². The summed E-state index contributed by atoms with van der Waals surface area (Å²) in [6, 6.07) is 5.09. The number of nitrogens with zero attached hydrogens (tertiary/aromatic N) is 1. The Labute approximate surface area is 112 Å². The molecular weight excluding hydrogens is 252 g/mol. The molecule has 0 atom stereocenters. The molecule has 0 radical (unpaired) electrons. The topological polar surface area (TPSA) is 52.6 Å². The van der Waals surface area contributed by atoms with Crippen molar-refractivity contribution < 1.29 is 9.90 Å². The standard InChI is InChI=1S/C13H17ClN2O2/c1-3-6-16(7-8-17)13(18)15-12-9-10(2)4-5-11(12)14/h3-5,9,17H,1,6-8H2,2H3,(H,15,18). The minimum atomic E-state index is -0.309. The lowest BCUT2D eigenvalue weighted by molar-refractivity contribution is 0.195. The van der Waals surface area contributed by atoms with Gasteiger partial charge >= 0.3 is 6.03 Å². The summed E-state index contributed by atoms with van der Waals surface area (Å²) in [5.41, 5.74) is 1.57. The summed E-state index contributed by atoms with van der Waals surface area (Å²) in [5, 5.41) is 12.1. The van der Waals surface area contributed by atoms with Crippen molar-refractivity contribution in [3.8, 4) is 0 Å². The highest BCUT2D eigenvalue weighted by Gasteiger charge is 2.12. The maximum atomic E-state index is 12.0. The molecule has 0 aliphatic heterocycles. The van der Waals surface area contributed by atoms with Gasteiger partial charge < -0.3 is 15.3 Å². The Morgan fingerprint density at radius 1 is 1.61 bits per heavy atom. The van der Waals surface area contributed by atoms with Gasteiger partial charge in [-0.1, -0.05) is 23.7 Å². The lowest BCUT2D eigenvalue weighted by atomic mass is 10.2. The number of carbonyl (C=O) groups is 1. The van der Waals surface area contributed by atoms with E-state index in [1.807, 2.05) is 13.0 Å². The van der Waals surface area contributed by atoms with Crippen LogP contribution < -0.4 is 5.32 Å². The highest BCUT2D eigenvalue weighted by Crippen LogP contribution is 2.22. The fourth-order valence-electron chi connectivity index (χ4n) is 1.48. The Hall–Kier alpha value is -1.52. The normalized spacial score (nSPS) is 9.94. The second-order valence-electron chi connectivity index (χ2n) is 3.87. The number of nitrogens with one attached hydrogen (secondary N) is 1. The molecule has 18 heavy (non-hydrogen) atoms. The number of aryl methyl sites for hydroxylation is 1. The SMILES string of the molecule is C=CCN(CCO)C(=O)Nc1cc(C)ccc1Cl. The van der Waals surface area contributed by atoms with E-state index in [1.54, 1.807) is 18.2 Å². The first-order valence-electron chi connectivity index (χ1n) is 5.62. The summed E-state index contributed by atoms with van der Waals surface area (Å²) in [6.45, 7) is 6.02. The minimum Gasteiger partial charge on any atom is -0.395 e. The van der Waals surface area contributed by atoms with Crippen LogP contribution in [0.15, 0.2) is 30.9 Å². The van der Waals surface area contributed by atoms with Crippen molar-refractivity contribution in [2.45, 2.75) is 6.92 Å². The van der Waals surface area contributed by atoms with Crippen LogP contribution in [0.3, 0.4) is 0 Å². The molecule has 2 amide bonds. The van der Waals surface area contributed by atoms with Gasteiger partial charge in [-0.05, 0) is 24.6 Å². The zero-order valence-electron chi connectivity index (χ0n) is 10.3. The molecule has 4 nitrogen and oxygen atoms in total. The number of hydrogen-bond donors (Lipinski definition) is 2. The summed E-state index contributed by atoms with van der Waals surface area (Å²) >= 11 is 6.00. The summed E-state index contributed by atoms with van der Waals surface area (Å²) in [7, 11) is 0. The highest BCUT2D eigenvalue weighted by atomic mass is 35.5. The van der Waals surface area contributed by atoms with E-state index in [0.717, 1.165) is 5.56 Å². The van der Waals surface area contributed by atoms with Gasteiger partial charge in [0.1, 0.15) is 0 Å². The Bertz CT molecular complexity index is 435. The summed E-state index contributed by atoms with van der Waals surface area (Å²) in [4.78, 5) is 13.4. The van der Waals surface area contributed by atoms with Gasteiger partial charge in [0.25, 0.3) is 0 Å². The molecule has 0 aliphatic carbocycles. The molecule has 1 aromatic carbocycles. The van der Waals surface area contributed by atoms with E-state index in [2.05, 4.69) is 11.9 Å². The van der Waals surface area contributed by atoms with Crippen LogP contribution in [-0.4, -0.2) is 35.7 Å². The molecule has 5 heteroatoms. The Morgan fingerprint density at radius 2 is 2.33 bits per heavy atom. The Balaban J connectivity index is 2.78. The molecule has 0 heterocycles.